The van der Waals surface area contributed by atoms with Crippen LogP contribution in [0.2, 0.25) is 0 Å². The fraction of sp³-hybridized carbons (Fsp3) is 0.550. The Labute approximate surface area is 172 Å². The topological polar surface area (TPSA) is 113 Å². The second kappa shape index (κ2) is 9.98. The number of hydrogen-bond donors (Lipinski definition) is 2. The summed E-state index contributed by atoms with van der Waals surface area (Å²) in [5.74, 6) is -0.278. The summed E-state index contributed by atoms with van der Waals surface area (Å²) >= 11 is 0. The molecule has 1 heterocycles. The molecule has 0 aromatic heterocycles. The van der Waals surface area contributed by atoms with Crippen molar-refractivity contribution in [1.82, 2.24) is 14.9 Å². The van der Waals surface area contributed by atoms with Gasteiger partial charge >= 0.3 is 0 Å². The number of likely N-dealkylation sites (tertiary alicyclic amines) is 1. The number of Topliss-reactive ketones (excluding diaryl/α,β-unsaturated/α-hetero) is 1. The third-order valence-corrected chi connectivity index (χ3v) is 6.36. The average molecular weight is 424 g/mol. The number of carbonyl (C=O) groups is 3. The molecule has 1 aliphatic heterocycles. The Hall–Kier alpha value is -2.26. The van der Waals surface area contributed by atoms with E-state index >= 15 is 0 Å². The van der Waals surface area contributed by atoms with E-state index in [1.54, 1.807) is 0 Å². The molecule has 1 aromatic rings. The van der Waals surface area contributed by atoms with E-state index in [0.717, 1.165) is 0 Å². The van der Waals surface area contributed by atoms with Gasteiger partial charge in [0.1, 0.15) is 0 Å². The second-order valence-corrected chi connectivity index (χ2v) is 9.32. The first-order valence-corrected chi connectivity index (χ1v) is 11.3. The molecule has 0 saturated carbocycles. The Morgan fingerprint density at radius 2 is 1.69 bits per heavy atom. The highest BCUT2D eigenvalue weighted by Crippen LogP contribution is 2.14. The van der Waals surface area contributed by atoms with Gasteiger partial charge in [0, 0.05) is 43.6 Å². The number of amides is 2. The highest BCUT2D eigenvalue weighted by Gasteiger charge is 2.25. The van der Waals surface area contributed by atoms with Crippen molar-refractivity contribution in [1.29, 1.82) is 0 Å². The van der Waals surface area contributed by atoms with Crippen molar-refractivity contribution in [3.8, 4) is 0 Å². The molecule has 1 aromatic carbocycles. The van der Waals surface area contributed by atoms with Gasteiger partial charge in [-0.25, -0.2) is 13.1 Å². The Kier molecular flexibility index (Phi) is 7.92. The molecule has 0 radical (unpaired) electrons. The largest absolute Gasteiger partial charge is 0.353 e. The minimum Gasteiger partial charge on any atom is -0.353 e. The zero-order valence-electron chi connectivity index (χ0n) is 17.1. The molecule has 1 fully saturated rings. The molecule has 2 amide bonds. The van der Waals surface area contributed by atoms with E-state index in [2.05, 4.69) is 10.0 Å². The molecule has 2 N–H and O–H groups in total. The summed E-state index contributed by atoms with van der Waals surface area (Å²) in [7, 11) is -3.74. The van der Waals surface area contributed by atoms with E-state index in [9.17, 15) is 22.8 Å². The zero-order valence-corrected chi connectivity index (χ0v) is 17.9. The van der Waals surface area contributed by atoms with Crippen molar-refractivity contribution >= 4 is 27.6 Å². The van der Waals surface area contributed by atoms with Crippen LogP contribution in [-0.4, -0.2) is 56.6 Å². The summed E-state index contributed by atoms with van der Waals surface area (Å²) < 4.78 is 26.9. The third-order valence-electron chi connectivity index (χ3n) is 4.88. The summed E-state index contributed by atoms with van der Waals surface area (Å²) in [5, 5.41) is 2.90. The lowest BCUT2D eigenvalue weighted by Crippen LogP contribution is -2.47. The number of piperidine rings is 1. The number of nitrogens with zero attached hydrogens (tertiary/aromatic N) is 1. The number of ketones is 1. The number of sulfonamides is 1. The summed E-state index contributed by atoms with van der Waals surface area (Å²) in [6.45, 7) is 6.36. The molecular formula is C20H29N3O5S. The number of hydrogen-bond acceptors (Lipinski definition) is 5. The smallest absolute Gasteiger partial charge is 0.240 e. The van der Waals surface area contributed by atoms with Crippen LogP contribution in [0.3, 0.4) is 0 Å². The predicted octanol–water partition coefficient (Wildman–Crippen LogP) is 1.32. The van der Waals surface area contributed by atoms with Gasteiger partial charge in [-0.3, -0.25) is 14.4 Å². The van der Waals surface area contributed by atoms with Crippen LogP contribution >= 0.6 is 0 Å². The van der Waals surface area contributed by atoms with Crippen LogP contribution in [0, 0.1) is 5.92 Å². The van der Waals surface area contributed by atoms with E-state index in [1.165, 1.54) is 31.2 Å². The molecule has 0 spiro atoms. The Morgan fingerprint density at radius 3 is 2.21 bits per heavy atom. The molecule has 1 aliphatic rings. The first-order chi connectivity index (χ1) is 13.6. The van der Waals surface area contributed by atoms with Crippen molar-refractivity contribution in [2.45, 2.75) is 51.0 Å². The summed E-state index contributed by atoms with van der Waals surface area (Å²) in [4.78, 5) is 37.2. The maximum Gasteiger partial charge on any atom is 0.240 e. The van der Waals surface area contributed by atoms with Crippen molar-refractivity contribution in [2.75, 3.05) is 19.6 Å². The van der Waals surface area contributed by atoms with Crippen molar-refractivity contribution in [3.05, 3.63) is 29.8 Å². The van der Waals surface area contributed by atoms with Gasteiger partial charge in [0.05, 0.1) is 4.90 Å². The maximum absolute atomic E-state index is 12.3. The predicted molar refractivity (Wildman–Crippen MR) is 109 cm³/mol. The highest BCUT2D eigenvalue weighted by atomic mass is 32.2. The molecule has 8 nitrogen and oxygen atoms in total. The molecule has 0 unspecified atom stereocenters. The SMILES string of the molecule is CC(=O)c1ccc(S(=O)(=O)NCCC(=O)NC2CCN(C(=O)C(C)C)CC2)cc1. The minimum atomic E-state index is -3.74. The first kappa shape index (κ1) is 23.0. The van der Waals surface area contributed by atoms with E-state index in [1.807, 2.05) is 18.7 Å². The quantitative estimate of drug-likeness (QED) is 0.613. The van der Waals surface area contributed by atoms with Crippen LogP contribution in [-0.2, 0) is 19.6 Å². The van der Waals surface area contributed by atoms with Crippen molar-refractivity contribution in [3.63, 3.8) is 0 Å². The Balaban J connectivity index is 1.75. The lowest BCUT2D eigenvalue weighted by Gasteiger charge is -2.33. The minimum absolute atomic E-state index is 0.00514. The van der Waals surface area contributed by atoms with Crippen molar-refractivity contribution < 1.29 is 22.8 Å². The van der Waals surface area contributed by atoms with Crippen molar-refractivity contribution in [2.24, 2.45) is 5.92 Å². The number of rotatable bonds is 8. The molecule has 0 atom stereocenters. The molecule has 0 bridgehead atoms. The van der Waals surface area contributed by atoms with Gasteiger partial charge in [0.25, 0.3) is 0 Å². The van der Waals surface area contributed by atoms with Gasteiger partial charge in [-0.15, -0.1) is 0 Å². The normalized spacial score (nSPS) is 15.4. The lowest BCUT2D eigenvalue weighted by molar-refractivity contribution is -0.135. The van der Waals surface area contributed by atoms with Crippen LogP contribution in [0.25, 0.3) is 0 Å². The van der Waals surface area contributed by atoms with E-state index in [4.69, 9.17) is 0 Å². The molecule has 9 heteroatoms. The molecule has 160 valence electrons. The standard InChI is InChI=1S/C20H29N3O5S/c1-14(2)20(26)23-12-9-17(10-13-23)22-19(25)8-11-21-29(27,28)18-6-4-16(5-7-18)15(3)24/h4-7,14,17,21H,8-13H2,1-3H3,(H,22,25). The van der Waals surface area contributed by atoms with Gasteiger partial charge in [-0.05, 0) is 31.9 Å². The molecule has 2 rings (SSSR count). The fourth-order valence-corrected chi connectivity index (χ4v) is 4.19. The Bertz CT molecular complexity index is 841. The van der Waals surface area contributed by atoms with Gasteiger partial charge in [0.15, 0.2) is 5.78 Å². The molecular weight excluding hydrogens is 394 g/mol. The summed E-state index contributed by atoms with van der Waals surface area (Å²) in [6.07, 6.45) is 1.41. The summed E-state index contributed by atoms with van der Waals surface area (Å²) in [6, 6.07) is 5.64. The van der Waals surface area contributed by atoms with Crippen LogP contribution in [0.1, 0.15) is 50.4 Å². The van der Waals surface area contributed by atoms with Crippen LogP contribution < -0.4 is 10.0 Å². The molecule has 0 aliphatic carbocycles. The second-order valence-electron chi connectivity index (χ2n) is 7.55. The monoisotopic (exact) mass is 423 g/mol. The zero-order chi connectivity index (χ0) is 21.6. The fourth-order valence-electron chi connectivity index (χ4n) is 3.16. The van der Waals surface area contributed by atoms with Crippen LogP contribution in [0.15, 0.2) is 29.2 Å². The summed E-state index contributed by atoms with van der Waals surface area (Å²) in [5.41, 5.74) is 0.435. The maximum atomic E-state index is 12.3. The van der Waals surface area contributed by atoms with E-state index in [-0.39, 0.29) is 47.4 Å². The number of nitrogens with one attached hydrogen (secondary N) is 2. The van der Waals surface area contributed by atoms with E-state index in [0.29, 0.717) is 31.5 Å². The van der Waals surface area contributed by atoms with Crippen LogP contribution in [0.4, 0.5) is 0 Å². The van der Waals surface area contributed by atoms with Crippen LogP contribution in [0.5, 0.6) is 0 Å². The van der Waals surface area contributed by atoms with E-state index < -0.39 is 10.0 Å². The average Bonchev–Trinajstić information content (AvgIpc) is 2.67. The number of benzene rings is 1. The van der Waals surface area contributed by atoms with Gasteiger partial charge in [-0.2, -0.15) is 0 Å². The number of carbonyl (C=O) groups excluding carboxylic acids is 3. The van der Waals surface area contributed by atoms with Gasteiger partial charge < -0.3 is 10.2 Å². The van der Waals surface area contributed by atoms with Gasteiger partial charge in [0.2, 0.25) is 21.8 Å². The highest BCUT2D eigenvalue weighted by molar-refractivity contribution is 7.89. The Morgan fingerprint density at radius 1 is 1.10 bits per heavy atom. The first-order valence-electron chi connectivity index (χ1n) is 9.79. The lowest BCUT2D eigenvalue weighted by atomic mass is 10.0. The molecule has 1 saturated heterocycles. The molecule has 29 heavy (non-hydrogen) atoms. The third kappa shape index (κ3) is 6.64. The van der Waals surface area contributed by atoms with Gasteiger partial charge in [-0.1, -0.05) is 26.0 Å².